The first kappa shape index (κ1) is 33.6. The van der Waals surface area contributed by atoms with E-state index in [4.69, 9.17) is 23.7 Å². The lowest BCUT2D eigenvalue weighted by Gasteiger charge is -2.20. The zero-order chi connectivity index (χ0) is 33.3. The predicted octanol–water partition coefficient (Wildman–Crippen LogP) is 6.39. The van der Waals surface area contributed by atoms with Gasteiger partial charge in [0, 0.05) is 12.3 Å². The summed E-state index contributed by atoms with van der Waals surface area (Å²) in [6.45, 7) is 5.67. The van der Waals surface area contributed by atoms with Gasteiger partial charge < -0.3 is 23.7 Å². The van der Waals surface area contributed by atoms with Gasteiger partial charge in [-0.3, -0.25) is 10.0 Å². The maximum atomic E-state index is 13.6. The number of carbonyl (C=O) groups excluding carboxylic acids is 2. The van der Waals surface area contributed by atoms with E-state index in [-0.39, 0.29) is 52.0 Å². The van der Waals surface area contributed by atoms with Gasteiger partial charge in [-0.25, -0.2) is 23.0 Å². The fraction of sp³-hybridized carbons (Fsp3) is 0.242. The predicted molar refractivity (Wildman–Crippen MR) is 172 cm³/mol. The van der Waals surface area contributed by atoms with Crippen molar-refractivity contribution < 1.29 is 41.7 Å². The van der Waals surface area contributed by atoms with E-state index in [9.17, 15) is 18.0 Å². The van der Waals surface area contributed by atoms with Gasteiger partial charge in [-0.1, -0.05) is 45.0 Å². The van der Waals surface area contributed by atoms with Crippen LogP contribution in [0.4, 0.5) is 16.3 Å². The molecule has 13 heteroatoms. The SMILES string of the molecule is COC(=O)c1cc(NS(=O)(=O)c2ccc(C(C)(C)C)cc2)c(Oc2cccc(OC)c2)c(OCCOC(=O)Nc2ccccn2)c1. The fourth-order valence-corrected chi connectivity index (χ4v) is 5.16. The van der Waals surface area contributed by atoms with Crippen LogP contribution in [0.1, 0.15) is 36.7 Å². The summed E-state index contributed by atoms with van der Waals surface area (Å²) in [5.74, 6) is 0.237. The molecule has 3 aromatic carbocycles. The standard InChI is InChI=1S/C33H35N3O9S/c1-33(2,3)23-12-14-26(15-13-23)46(39,40)36-27-19-22(31(37)42-5)20-28(30(27)45-25-10-8-9-24(21-25)41-4)43-17-18-44-32(38)35-29-11-6-7-16-34-29/h6-16,19-21,36H,17-18H2,1-5H3,(H,34,35,38). The summed E-state index contributed by atoms with van der Waals surface area (Å²) in [5.41, 5.74) is 0.643. The van der Waals surface area contributed by atoms with Crippen LogP contribution in [-0.2, 0) is 24.9 Å². The Balaban J connectivity index is 1.67. The van der Waals surface area contributed by atoms with Crippen LogP contribution < -0.4 is 24.2 Å². The van der Waals surface area contributed by atoms with Crippen LogP contribution in [0.3, 0.4) is 0 Å². The second kappa shape index (κ2) is 14.7. The molecule has 0 spiro atoms. The number of carbonyl (C=O) groups is 2. The first-order valence-corrected chi connectivity index (χ1v) is 15.6. The molecule has 46 heavy (non-hydrogen) atoms. The van der Waals surface area contributed by atoms with Gasteiger partial charge in [0.15, 0.2) is 11.5 Å². The number of amides is 1. The first-order valence-electron chi connectivity index (χ1n) is 14.1. The van der Waals surface area contributed by atoms with Crippen molar-refractivity contribution in [3.8, 4) is 23.0 Å². The molecule has 0 radical (unpaired) electrons. The maximum absolute atomic E-state index is 13.6. The van der Waals surface area contributed by atoms with Gasteiger partial charge in [0.25, 0.3) is 10.0 Å². The monoisotopic (exact) mass is 649 g/mol. The lowest BCUT2D eigenvalue weighted by atomic mass is 9.87. The molecule has 0 atom stereocenters. The highest BCUT2D eigenvalue weighted by Gasteiger charge is 2.24. The van der Waals surface area contributed by atoms with Crippen LogP contribution in [0.15, 0.2) is 90.0 Å². The molecule has 0 aliphatic rings. The summed E-state index contributed by atoms with van der Waals surface area (Å²) >= 11 is 0. The van der Waals surface area contributed by atoms with Crippen LogP contribution in [0, 0.1) is 0 Å². The Morgan fingerprint density at radius 3 is 2.26 bits per heavy atom. The number of hydrogen-bond donors (Lipinski definition) is 2. The van der Waals surface area contributed by atoms with Crippen molar-refractivity contribution in [3.05, 3.63) is 96.2 Å². The molecule has 0 saturated heterocycles. The summed E-state index contributed by atoms with van der Waals surface area (Å²) in [6, 6.07) is 20.7. The molecule has 0 saturated carbocycles. The summed E-state index contributed by atoms with van der Waals surface area (Å²) in [4.78, 5) is 28.8. The lowest BCUT2D eigenvalue weighted by Crippen LogP contribution is -2.19. The molecule has 2 N–H and O–H groups in total. The van der Waals surface area contributed by atoms with Crippen molar-refractivity contribution in [2.75, 3.05) is 37.5 Å². The van der Waals surface area contributed by atoms with E-state index >= 15 is 0 Å². The van der Waals surface area contributed by atoms with Crippen LogP contribution in [-0.4, -0.2) is 52.9 Å². The van der Waals surface area contributed by atoms with Crippen LogP contribution >= 0.6 is 0 Å². The average Bonchev–Trinajstić information content (AvgIpc) is 3.04. The molecular formula is C33H35N3O9S. The van der Waals surface area contributed by atoms with Crippen molar-refractivity contribution in [1.82, 2.24) is 4.98 Å². The molecule has 4 aromatic rings. The van der Waals surface area contributed by atoms with Crippen LogP contribution in [0.5, 0.6) is 23.0 Å². The highest BCUT2D eigenvalue weighted by Crippen LogP contribution is 2.42. The summed E-state index contributed by atoms with van der Waals surface area (Å²) in [6.07, 6.45) is 0.758. The molecule has 0 bridgehead atoms. The van der Waals surface area contributed by atoms with E-state index in [0.29, 0.717) is 11.6 Å². The molecule has 12 nitrogen and oxygen atoms in total. The second-order valence-electron chi connectivity index (χ2n) is 10.8. The van der Waals surface area contributed by atoms with Crippen molar-refractivity contribution in [2.24, 2.45) is 0 Å². The number of ether oxygens (including phenoxy) is 5. The number of esters is 1. The minimum atomic E-state index is -4.18. The Labute approximate surface area is 267 Å². The Morgan fingerprint density at radius 2 is 1.61 bits per heavy atom. The number of aromatic nitrogens is 1. The number of sulfonamides is 1. The lowest BCUT2D eigenvalue weighted by molar-refractivity contribution is 0.0600. The van der Waals surface area contributed by atoms with Gasteiger partial charge in [0.2, 0.25) is 0 Å². The third-order valence-corrected chi connectivity index (χ3v) is 7.86. The van der Waals surface area contributed by atoms with Gasteiger partial charge in [0.05, 0.1) is 30.4 Å². The van der Waals surface area contributed by atoms with Crippen molar-refractivity contribution in [3.63, 3.8) is 0 Å². The Kier molecular flexibility index (Phi) is 10.7. The summed E-state index contributed by atoms with van der Waals surface area (Å²) in [5, 5.41) is 2.49. The van der Waals surface area contributed by atoms with E-state index < -0.39 is 22.1 Å². The molecule has 0 aliphatic heterocycles. The second-order valence-corrected chi connectivity index (χ2v) is 12.5. The average molecular weight is 650 g/mol. The quantitative estimate of drug-likeness (QED) is 0.130. The number of nitrogens with one attached hydrogen (secondary N) is 2. The van der Waals surface area contributed by atoms with Crippen molar-refractivity contribution in [2.45, 2.75) is 31.1 Å². The van der Waals surface area contributed by atoms with Gasteiger partial charge in [-0.15, -0.1) is 0 Å². The first-order chi connectivity index (χ1) is 21.9. The number of nitrogens with zero attached hydrogens (tertiary/aromatic N) is 1. The Bertz CT molecular complexity index is 1770. The van der Waals surface area contributed by atoms with Crippen LogP contribution in [0.25, 0.3) is 0 Å². The van der Waals surface area contributed by atoms with Gasteiger partial charge in [0.1, 0.15) is 30.5 Å². The maximum Gasteiger partial charge on any atom is 0.412 e. The topological polar surface area (TPSA) is 151 Å². The molecule has 1 heterocycles. The van der Waals surface area contributed by atoms with Gasteiger partial charge >= 0.3 is 12.1 Å². The third-order valence-electron chi connectivity index (χ3n) is 6.48. The van der Waals surface area contributed by atoms with E-state index in [1.165, 1.54) is 44.7 Å². The molecule has 0 aliphatic carbocycles. The molecule has 1 amide bonds. The number of rotatable bonds is 12. The molecule has 0 fully saturated rings. The normalized spacial score (nSPS) is 11.2. The minimum absolute atomic E-state index is 0.00825. The van der Waals surface area contributed by atoms with Gasteiger partial charge in [-0.05, 0) is 59.5 Å². The van der Waals surface area contributed by atoms with E-state index in [0.717, 1.165) is 5.56 Å². The van der Waals surface area contributed by atoms with E-state index in [1.54, 1.807) is 54.6 Å². The molecule has 0 unspecified atom stereocenters. The number of hydrogen-bond acceptors (Lipinski definition) is 10. The number of methoxy groups -OCH3 is 2. The summed E-state index contributed by atoms with van der Waals surface area (Å²) < 4.78 is 57.1. The minimum Gasteiger partial charge on any atom is -0.497 e. The smallest absolute Gasteiger partial charge is 0.412 e. The number of anilines is 2. The highest BCUT2D eigenvalue weighted by atomic mass is 32.2. The third kappa shape index (κ3) is 8.88. The van der Waals surface area contributed by atoms with Crippen molar-refractivity contribution >= 4 is 33.6 Å². The molecular weight excluding hydrogens is 614 g/mol. The molecule has 1 aromatic heterocycles. The number of pyridine rings is 1. The van der Waals surface area contributed by atoms with Crippen LogP contribution in [0.2, 0.25) is 0 Å². The number of benzene rings is 3. The highest BCUT2D eigenvalue weighted by molar-refractivity contribution is 7.92. The Hall–Kier alpha value is -5.30. The van der Waals surface area contributed by atoms with E-state index in [2.05, 4.69) is 15.0 Å². The molecule has 4 rings (SSSR count). The van der Waals surface area contributed by atoms with Gasteiger partial charge in [-0.2, -0.15) is 0 Å². The fourth-order valence-electron chi connectivity index (χ4n) is 4.11. The Morgan fingerprint density at radius 1 is 0.870 bits per heavy atom. The zero-order valence-corrected chi connectivity index (χ0v) is 26.8. The van der Waals surface area contributed by atoms with E-state index in [1.807, 2.05) is 20.8 Å². The zero-order valence-electron chi connectivity index (χ0n) is 26.0. The molecule has 242 valence electrons. The largest absolute Gasteiger partial charge is 0.497 e. The van der Waals surface area contributed by atoms with Crippen molar-refractivity contribution in [1.29, 1.82) is 0 Å². The summed E-state index contributed by atoms with van der Waals surface area (Å²) in [7, 11) is -1.50.